The van der Waals surface area contributed by atoms with E-state index < -0.39 is 34.5 Å². The zero-order chi connectivity index (χ0) is 23.7. The molecule has 3 rings (SSSR count). The number of nitrogens with one attached hydrogen (secondary N) is 1. The first-order chi connectivity index (χ1) is 15.1. The molecule has 1 aromatic rings. The van der Waals surface area contributed by atoms with Crippen LogP contribution in [0.3, 0.4) is 0 Å². The summed E-state index contributed by atoms with van der Waals surface area (Å²) in [4.78, 5) is 49.9. The third-order valence-electron chi connectivity index (χ3n) is 6.00. The van der Waals surface area contributed by atoms with Crippen molar-refractivity contribution in [1.82, 2.24) is 5.32 Å². The van der Waals surface area contributed by atoms with Crippen molar-refractivity contribution in [1.29, 1.82) is 0 Å². The number of hydrogen-bond acceptors (Lipinski definition) is 8. The number of aryl methyl sites for hydroxylation is 1. The minimum atomic E-state index is -1.02. The van der Waals surface area contributed by atoms with Gasteiger partial charge in [-0.2, -0.15) is 0 Å². The summed E-state index contributed by atoms with van der Waals surface area (Å²) in [6.45, 7) is 6.89. The number of esters is 2. The monoisotopic (exact) mass is 442 g/mol. The number of carbonyl (C=O) groups is 3. The third kappa shape index (κ3) is 3.90. The number of hydrogen-bond donors (Lipinski definition) is 1. The van der Waals surface area contributed by atoms with Gasteiger partial charge < -0.3 is 14.8 Å². The van der Waals surface area contributed by atoms with Crippen LogP contribution in [0.4, 0.5) is 5.69 Å². The highest BCUT2D eigenvalue weighted by Gasteiger charge is 2.47. The van der Waals surface area contributed by atoms with E-state index in [0.29, 0.717) is 28.9 Å². The first-order valence-electron chi connectivity index (χ1n) is 10.4. The van der Waals surface area contributed by atoms with Gasteiger partial charge in [-0.15, -0.1) is 0 Å². The number of nitro groups is 1. The standard InChI is InChI=1S/C23H26N2O7/c1-6-32-23(28)18-13(4)24-15-9-12(3)17(22(27)31-5)21(26)20(15)19(18)14-8-7-11(2)16(10-14)25(29)30/h7-8,10,12,17,19,24H,6,9H2,1-5H3/t12-,17-,19+/m0/s1. The predicted molar refractivity (Wildman–Crippen MR) is 114 cm³/mol. The van der Waals surface area contributed by atoms with Crippen molar-refractivity contribution < 1.29 is 28.8 Å². The number of ether oxygens (including phenoxy) is 2. The number of Topliss-reactive ketones (excluding diaryl/α,β-unsaturated/α-hetero) is 1. The molecule has 2 aliphatic rings. The molecule has 1 heterocycles. The summed E-state index contributed by atoms with van der Waals surface area (Å²) in [6.07, 6.45) is 0.388. The summed E-state index contributed by atoms with van der Waals surface area (Å²) in [5, 5.41) is 14.7. The van der Waals surface area contributed by atoms with Crippen LogP contribution in [0.1, 0.15) is 44.2 Å². The van der Waals surface area contributed by atoms with Gasteiger partial charge in [0.2, 0.25) is 0 Å². The van der Waals surface area contributed by atoms with Crippen LogP contribution in [0.15, 0.2) is 40.7 Å². The lowest BCUT2D eigenvalue weighted by molar-refractivity contribution is -0.385. The number of benzene rings is 1. The number of ketones is 1. The summed E-state index contributed by atoms with van der Waals surface area (Å²) in [5.74, 6) is -3.97. The number of methoxy groups -OCH3 is 1. The van der Waals surface area contributed by atoms with Gasteiger partial charge in [-0.1, -0.05) is 19.1 Å². The minimum absolute atomic E-state index is 0.120. The molecule has 0 bridgehead atoms. The van der Waals surface area contributed by atoms with Crippen molar-refractivity contribution >= 4 is 23.4 Å². The van der Waals surface area contributed by atoms with E-state index in [2.05, 4.69) is 5.32 Å². The molecule has 0 unspecified atom stereocenters. The Morgan fingerprint density at radius 1 is 1.28 bits per heavy atom. The lowest BCUT2D eigenvalue weighted by atomic mass is 9.69. The first kappa shape index (κ1) is 23.2. The van der Waals surface area contributed by atoms with Gasteiger partial charge in [0.15, 0.2) is 5.78 Å². The van der Waals surface area contributed by atoms with Gasteiger partial charge in [-0.3, -0.25) is 19.7 Å². The largest absolute Gasteiger partial charge is 0.468 e. The van der Waals surface area contributed by atoms with E-state index in [0.717, 1.165) is 0 Å². The SMILES string of the molecule is CCOC(=O)C1=C(C)NC2=C(C(=O)[C@@H](C(=O)OC)[C@@H](C)C2)[C@@H]1c1ccc(C)c([N+](=O)[O-])c1. The molecule has 9 heteroatoms. The molecular weight excluding hydrogens is 416 g/mol. The second kappa shape index (κ2) is 8.94. The van der Waals surface area contributed by atoms with Gasteiger partial charge in [0.1, 0.15) is 5.92 Å². The van der Waals surface area contributed by atoms with Gasteiger partial charge in [0.25, 0.3) is 5.69 Å². The van der Waals surface area contributed by atoms with Gasteiger partial charge >= 0.3 is 11.9 Å². The molecule has 0 spiro atoms. The second-order valence-electron chi connectivity index (χ2n) is 8.06. The van der Waals surface area contributed by atoms with Crippen molar-refractivity contribution in [2.75, 3.05) is 13.7 Å². The Morgan fingerprint density at radius 3 is 2.56 bits per heavy atom. The van der Waals surface area contributed by atoms with Crippen LogP contribution in [0, 0.1) is 28.9 Å². The molecular formula is C23H26N2O7. The lowest BCUT2D eigenvalue weighted by Crippen LogP contribution is -2.43. The fourth-order valence-corrected chi connectivity index (χ4v) is 4.50. The second-order valence-corrected chi connectivity index (χ2v) is 8.06. The maximum absolute atomic E-state index is 13.6. The van der Waals surface area contributed by atoms with Crippen LogP contribution < -0.4 is 5.32 Å². The number of allylic oxidation sites excluding steroid dienone is 3. The van der Waals surface area contributed by atoms with E-state index in [1.54, 1.807) is 39.8 Å². The zero-order valence-corrected chi connectivity index (χ0v) is 18.7. The van der Waals surface area contributed by atoms with Crippen molar-refractivity contribution in [3.63, 3.8) is 0 Å². The molecule has 1 aliphatic heterocycles. The average molecular weight is 442 g/mol. The van der Waals surface area contributed by atoms with E-state index in [1.807, 2.05) is 0 Å². The van der Waals surface area contributed by atoms with E-state index in [-0.39, 0.29) is 29.4 Å². The fraction of sp³-hybridized carbons (Fsp3) is 0.435. The van der Waals surface area contributed by atoms with Crippen molar-refractivity contribution in [3.8, 4) is 0 Å². The van der Waals surface area contributed by atoms with Gasteiger partial charge in [0.05, 0.1) is 24.2 Å². The van der Waals surface area contributed by atoms with Crippen LogP contribution in [0.2, 0.25) is 0 Å². The highest BCUT2D eigenvalue weighted by atomic mass is 16.6. The molecule has 9 nitrogen and oxygen atoms in total. The predicted octanol–water partition coefficient (Wildman–Crippen LogP) is 3.08. The molecule has 0 aromatic heterocycles. The molecule has 0 saturated heterocycles. The summed E-state index contributed by atoms with van der Waals surface area (Å²) < 4.78 is 10.1. The molecule has 1 aromatic carbocycles. The molecule has 32 heavy (non-hydrogen) atoms. The van der Waals surface area contributed by atoms with Crippen LogP contribution in [0.25, 0.3) is 0 Å². The van der Waals surface area contributed by atoms with Crippen LogP contribution in [-0.4, -0.2) is 36.4 Å². The van der Waals surface area contributed by atoms with E-state index in [9.17, 15) is 24.5 Å². The topological polar surface area (TPSA) is 125 Å². The zero-order valence-electron chi connectivity index (χ0n) is 18.7. The van der Waals surface area contributed by atoms with Gasteiger partial charge in [0, 0.05) is 34.5 Å². The van der Waals surface area contributed by atoms with Gasteiger partial charge in [-0.25, -0.2) is 4.79 Å². The maximum atomic E-state index is 13.6. The summed E-state index contributed by atoms with van der Waals surface area (Å²) >= 11 is 0. The van der Waals surface area contributed by atoms with Crippen molar-refractivity contribution in [3.05, 3.63) is 62.0 Å². The normalized spacial score (nSPS) is 22.8. The van der Waals surface area contributed by atoms with Crippen molar-refractivity contribution in [2.24, 2.45) is 11.8 Å². The fourth-order valence-electron chi connectivity index (χ4n) is 4.50. The van der Waals surface area contributed by atoms with E-state index in [4.69, 9.17) is 9.47 Å². The molecule has 0 amide bonds. The molecule has 1 aliphatic carbocycles. The molecule has 3 atom stereocenters. The van der Waals surface area contributed by atoms with Crippen LogP contribution in [0.5, 0.6) is 0 Å². The van der Waals surface area contributed by atoms with Gasteiger partial charge in [-0.05, 0) is 38.7 Å². The molecule has 0 saturated carbocycles. The lowest BCUT2D eigenvalue weighted by Gasteiger charge is -2.38. The Balaban J connectivity index is 2.25. The van der Waals surface area contributed by atoms with Crippen molar-refractivity contribution in [2.45, 2.75) is 40.0 Å². The Bertz CT molecular complexity index is 1070. The molecule has 0 radical (unpaired) electrons. The molecule has 170 valence electrons. The summed E-state index contributed by atoms with van der Waals surface area (Å²) in [6, 6.07) is 4.62. The number of dihydropyridines is 1. The summed E-state index contributed by atoms with van der Waals surface area (Å²) in [7, 11) is 1.22. The quantitative estimate of drug-likeness (QED) is 0.319. The number of carbonyl (C=O) groups excluding carboxylic acids is 3. The molecule has 0 fully saturated rings. The summed E-state index contributed by atoms with van der Waals surface area (Å²) in [5.41, 5.74) is 2.28. The Hall–Kier alpha value is -3.49. The number of nitrogens with zero attached hydrogens (tertiary/aromatic N) is 1. The van der Waals surface area contributed by atoms with Crippen LogP contribution >= 0.6 is 0 Å². The van der Waals surface area contributed by atoms with E-state index >= 15 is 0 Å². The Kier molecular flexibility index (Phi) is 6.47. The Labute approximate surface area is 185 Å². The smallest absolute Gasteiger partial charge is 0.336 e. The minimum Gasteiger partial charge on any atom is -0.468 e. The highest BCUT2D eigenvalue weighted by Crippen LogP contribution is 2.46. The number of nitro benzene ring substituents is 1. The average Bonchev–Trinajstić information content (AvgIpc) is 2.72. The maximum Gasteiger partial charge on any atom is 0.336 e. The third-order valence-corrected chi connectivity index (χ3v) is 6.00. The van der Waals surface area contributed by atoms with E-state index in [1.165, 1.54) is 13.2 Å². The first-order valence-corrected chi connectivity index (χ1v) is 10.4. The van der Waals surface area contributed by atoms with Crippen LogP contribution in [-0.2, 0) is 23.9 Å². The Morgan fingerprint density at radius 2 is 1.97 bits per heavy atom. The molecule has 1 N–H and O–H groups in total. The number of rotatable bonds is 5. The highest BCUT2D eigenvalue weighted by molar-refractivity contribution is 6.12.